The molecule has 2 heterocycles. The summed E-state index contributed by atoms with van der Waals surface area (Å²) in [6.07, 6.45) is 4.61. The second-order valence-corrected chi connectivity index (χ2v) is 8.60. The van der Waals surface area contributed by atoms with Crippen molar-refractivity contribution in [3.8, 4) is 6.01 Å². The lowest BCUT2D eigenvalue weighted by molar-refractivity contribution is 0.0578. The molecule has 144 valence electrons. The van der Waals surface area contributed by atoms with Gasteiger partial charge in [-0.1, -0.05) is 0 Å². The van der Waals surface area contributed by atoms with Gasteiger partial charge in [0.15, 0.2) is 0 Å². The molecule has 27 heavy (non-hydrogen) atoms. The van der Waals surface area contributed by atoms with Crippen LogP contribution in [0.3, 0.4) is 0 Å². The minimum atomic E-state index is -3.50. The van der Waals surface area contributed by atoms with Crippen molar-refractivity contribution < 1.29 is 17.9 Å². The van der Waals surface area contributed by atoms with E-state index in [0.29, 0.717) is 37.5 Å². The first kappa shape index (κ1) is 19.2. The van der Waals surface area contributed by atoms with Crippen LogP contribution in [0.1, 0.15) is 23.2 Å². The Morgan fingerprint density at radius 2 is 1.70 bits per heavy atom. The molecule has 8 nitrogen and oxygen atoms in total. The van der Waals surface area contributed by atoms with E-state index in [4.69, 9.17) is 4.74 Å². The van der Waals surface area contributed by atoms with Gasteiger partial charge in [0.1, 0.15) is 6.10 Å². The second kappa shape index (κ2) is 8.01. The van der Waals surface area contributed by atoms with E-state index in [0.717, 1.165) is 4.31 Å². The monoisotopic (exact) mass is 390 g/mol. The number of aromatic nitrogens is 2. The van der Waals surface area contributed by atoms with Crippen molar-refractivity contribution in [2.45, 2.75) is 23.8 Å². The number of ether oxygens (including phenoxy) is 1. The molecule has 1 aliphatic heterocycles. The van der Waals surface area contributed by atoms with Crippen molar-refractivity contribution in [3.63, 3.8) is 0 Å². The summed E-state index contributed by atoms with van der Waals surface area (Å²) in [7, 11) is -0.555. The van der Waals surface area contributed by atoms with Gasteiger partial charge < -0.3 is 9.64 Å². The molecular formula is C18H22N4O4S. The molecule has 1 amide bonds. The SMILES string of the molecule is CN(C)S(=O)(=O)c1ccc(C(=O)N2CCC(Oc3ncccn3)CC2)cc1. The lowest BCUT2D eigenvalue weighted by Crippen LogP contribution is -2.41. The van der Waals surface area contributed by atoms with Gasteiger partial charge >= 0.3 is 6.01 Å². The van der Waals surface area contributed by atoms with Crippen LogP contribution in [-0.4, -0.2) is 66.8 Å². The van der Waals surface area contributed by atoms with E-state index in [-0.39, 0.29) is 16.9 Å². The van der Waals surface area contributed by atoms with Crippen LogP contribution in [0.5, 0.6) is 6.01 Å². The predicted octanol–water partition coefficient (Wildman–Crippen LogP) is 1.41. The number of benzene rings is 1. The summed E-state index contributed by atoms with van der Waals surface area (Å²) in [5.74, 6) is -0.113. The topological polar surface area (TPSA) is 92.7 Å². The zero-order chi connectivity index (χ0) is 19.4. The van der Waals surface area contributed by atoms with E-state index < -0.39 is 10.0 Å². The summed E-state index contributed by atoms with van der Waals surface area (Å²) in [5.41, 5.74) is 0.471. The smallest absolute Gasteiger partial charge is 0.316 e. The summed E-state index contributed by atoms with van der Waals surface area (Å²) in [6.45, 7) is 1.13. The van der Waals surface area contributed by atoms with Gasteiger partial charge in [-0.15, -0.1) is 0 Å². The summed E-state index contributed by atoms with van der Waals surface area (Å²) in [5, 5.41) is 0. The minimum Gasteiger partial charge on any atom is -0.460 e. The van der Waals surface area contributed by atoms with Gasteiger partial charge in [-0.3, -0.25) is 4.79 Å². The molecule has 0 spiro atoms. The van der Waals surface area contributed by atoms with Crippen molar-refractivity contribution in [1.29, 1.82) is 0 Å². The Labute approximate surface area is 158 Å². The summed E-state index contributed by atoms with van der Waals surface area (Å²) in [4.78, 5) is 22.7. The molecule has 0 bridgehead atoms. The maximum atomic E-state index is 12.7. The number of hydrogen-bond donors (Lipinski definition) is 0. The van der Waals surface area contributed by atoms with Crippen LogP contribution in [0.25, 0.3) is 0 Å². The fourth-order valence-corrected chi connectivity index (χ4v) is 3.74. The molecule has 2 aromatic rings. The third-order valence-electron chi connectivity index (χ3n) is 4.42. The molecule has 1 saturated heterocycles. The van der Waals surface area contributed by atoms with E-state index in [1.54, 1.807) is 35.5 Å². The van der Waals surface area contributed by atoms with Crippen LogP contribution in [-0.2, 0) is 10.0 Å². The fourth-order valence-electron chi connectivity index (χ4n) is 2.83. The summed E-state index contributed by atoms with van der Waals surface area (Å²) < 4.78 is 31.1. The summed E-state index contributed by atoms with van der Waals surface area (Å²) >= 11 is 0. The van der Waals surface area contributed by atoms with E-state index >= 15 is 0 Å². The molecule has 0 saturated carbocycles. The number of amides is 1. The highest BCUT2D eigenvalue weighted by Crippen LogP contribution is 2.19. The van der Waals surface area contributed by atoms with Crippen LogP contribution in [0, 0.1) is 0 Å². The number of rotatable bonds is 5. The molecule has 1 aromatic heterocycles. The van der Waals surface area contributed by atoms with Crippen LogP contribution in [0.15, 0.2) is 47.6 Å². The molecule has 1 aliphatic rings. The molecule has 0 radical (unpaired) electrons. The number of nitrogens with zero attached hydrogens (tertiary/aromatic N) is 4. The Balaban J connectivity index is 1.59. The zero-order valence-electron chi connectivity index (χ0n) is 15.3. The highest BCUT2D eigenvalue weighted by atomic mass is 32.2. The normalized spacial score (nSPS) is 15.7. The number of sulfonamides is 1. The minimum absolute atomic E-state index is 0.0240. The predicted molar refractivity (Wildman–Crippen MR) is 98.9 cm³/mol. The average Bonchev–Trinajstić information content (AvgIpc) is 2.69. The van der Waals surface area contributed by atoms with Crippen LogP contribution >= 0.6 is 0 Å². The Bertz CT molecular complexity index is 877. The van der Waals surface area contributed by atoms with Gasteiger partial charge in [0, 0.05) is 58.0 Å². The molecule has 1 aromatic carbocycles. The van der Waals surface area contributed by atoms with E-state index in [1.807, 2.05) is 0 Å². The molecule has 0 N–H and O–H groups in total. The number of likely N-dealkylation sites (tertiary alicyclic amines) is 1. The number of carbonyl (C=O) groups is 1. The van der Waals surface area contributed by atoms with Gasteiger partial charge in [0.2, 0.25) is 10.0 Å². The molecule has 0 aliphatic carbocycles. The Morgan fingerprint density at radius 3 is 2.26 bits per heavy atom. The van der Waals surface area contributed by atoms with Crippen LogP contribution in [0.4, 0.5) is 0 Å². The third kappa shape index (κ3) is 4.42. The maximum absolute atomic E-state index is 12.7. The van der Waals surface area contributed by atoms with Crippen molar-refractivity contribution >= 4 is 15.9 Å². The largest absolute Gasteiger partial charge is 0.460 e. The van der Waals surface area contributed by atoms with Gasteiger partial charge in [0.05, 0.1) is 4.90 Å². The zero-order valence-corrected chi connectivity index (χ0v) is 16.1. The van der Waals surface area contributed by atoms with Gasteiger partial charge in [-0.05, 0) is 30.3 Å². The fraction of sp³-hybridized carbons (Fsp3) is 0.389. The molecule has 0 atom stereocenters. The van der Waals surface area contributed by atoms with E-state index in [1.165, 1.54) is 26.2 Å². The van der Waals surface area contributed by atoms with Crippen molar-refractivity contribution in [3.05, 3.63) is 48.3 Å². The van der Waals surface area contributed by atoms with Crippen molar-refractivity contribution in [1.82, 2.24) is 19.2 Å². The Hall–Kier alpha value is -2.52. The second-order valence-electron chi connectivity index (χ2n) is 6.45. The van der Waals surface area contributed by atoms with Gasteiger partial charge in [0.25, 0.3) is 5.91 Å². The lowest BCUT2D eigenvalue weighted by atomic mass is 10.1. The Morgan fingerprint density at radius 1 is 1.11 bits per heavy atom. The summed E-state index contributed by atoms with van der Waals surface area (Å²) in [6, 6.07) is 8.11. The van der Waals surface area contributed by atoms with Crippen LogP contribution in [0.2, 0.25) is 0 Å². The standard InChI is InChI=1S/C18H22N4O4S/c1-21(2)27(24,25)16-6-4-14(5-7-16)17(23)22-12-8-15(9-13-22)26-18-19-10-3-11-20-18/h3-7,10-11,15H,8-9,12-13H2,1-2H3. The highest BCUT2D eigenvalue weighted by molar-refractivity contribution is 7.89. The maximum Gasteiger partial charge on any atom is 0.316 e. The number of piperidine rings is 1. The highest BCUT2D eigenvalue weighted by Gasteiger charge is 2.26. The quantitative estimate of drug-likeness (QED) is 0.766. The number of hydrogen-bond acceptors (Lipinski definition) is 6. The van der Waals surface area contributed by atoms with Gasteiger partial charge in [-0.25, -0.2) is 22.7 Å². The van der Waals surface area contributed by atoms with Crippen molar-refractivity contribution in [2.24, 2.45) is 0 Å². The molecule has 1 fully saturated rings. The first-order valence-corrected chi connectivity index (χ1v) is 10.1. The molecule has 9 heteroatoms. The number of carbonyl (C=O) groups excluding carboxylic acids is 1. The third-order valence-corrected chi connectivity index (χ3v) is 6.25. The molecular weight excluding hydrogens is 368 g/mol. The van der Waals surface area contributed by atoms with Gasteiger partial charge in [-0.2, -0.15) is 0 Å². The van der Waals surface area contributed by atoms with Crippen LogP contribution < -0.4 is 4.74 Å². The van der Waals surface area contributed by atoms with E-state index in [9.17, 15) is 13.2 Å². The van der Waals surface area contributed by atoms with Crippen molar-refractivity contribution in [2.75, 3.05) is 27.2 Å². The molecule has 3 rings (SSSR count). The van der Waals surface area contributed by atoms with E-state index in [2.05, 4.69) is 9.97 Å². The lowest BCUT2D eigenvalue weighted by Gasteiger charge is -2.31. The molecule has 0 unspecified atom stereocenters. The Kier molecular flexibility index (Phi) is 5.71. The average molecular weight is 390 g/mol. The first-order chi connectivity index (χ1) is 12.9. The first-order valence-electron chi connectivity index (χ1n) is 8.63.